The molecule has 1 heterocycles. The molecule has 0 aliphatic heterocycles. The number of hydrogen-bond acceptors (Lipinski definition) is 3. The van der Waals surface area contributed by atoms with Crippen LogP contribution in [0.25, 0.3) is 5.57 Å². The van der Waals surface area contributed by atoms with Crippen LogP contribution in [0.5, 0.6) is 5.95 Å². The average molecular weight is 264 g/mol. The van der Waals surface area contributed by atoms with E-state index < -0.39 is 0 Å². The summed E-state index contributed by atoms with van der Waals surface area (Å²) in [5, 5.41) is 0. The summed E-state index contributed by atoms with van der Waals surface area (Å²) in [6.07, 6.45) is 4.48. The zero-order chi connectivity index (χ0) is 14.4. The average Bonchev–Trinajstić information content (AvgIpc) is 2.37. The van der Waals surface area contributed by atoms with Crippen molar-refractivity contribution in [2.75, 3.05) is 7.11 Å². The molecule has 3 heteroatoms. The maximum Gasteiger partial charge on any atom is 0.288 e. The number of methoxy groups -OCH3 is 1. The molecule has 0 radical (unpaired) electrons. The van der Waals surface area contributed by atoms with Crippen LogP contribution in [0.1, 0.15) is 46.3 Å². The molecule has 2 atom stereocenters. The third-order valence-corrected chi connectivity index (χ3v) is 3.34. The third-order valence-electron chi connectivity index (χ3n) is 3.34. The van der Waals surface area contributed by atoms with Crippen LogP contribution in [0.2, 0.25) is 0 Å². The van der Waals surface area contributed by atoms with Crippen LogP contribution in [-0.4, -0.2) is 7.11 Å². The van der Waals surface area contributed by atoms with Crippen molar-refractivity contribution in [2.45, 2.75) is 40.5 Å². The second kappa shape index (κ2) is 7.17. The molecule has 0 amide bonds. The standard InChI is InChI=1S/C16H24O3/c1-6-11(2)7-12(3)8-13(4)15-9-14(17)10-16(18-5)19-15/h8-12H,6-7H2,1-5H3/b13-8-/t11-,12-/m0/s1. The lowest BCUT2D eigenvalue weighted by molar-refractivity contribution is 0.293. The molecule has 0 saturated heterocycles. The van der Waals surface area contributed by atoms with Crippen LogP contribution in [-0.2, 0) is 0 Å². The monoisotopic (exact) mass is 264 g/mol. The van der Waals surface area contributed by atoms with E-state index in [0.717, 1.165) is 12.0 Å². The molecular weight excluding hydrogens is 240 g/mol. The van der Waals surface area contributed by atoms with Gasteiger partial charge in [-0.1, -0.05) is 33.3 Å². The van der Waals surface area contributed by atoms with Crippen molar-refractivity contribution in [3.8, 4) is 5.95 Å². The van der Waals surface area contributed by atoms with E-state index in [0.29, 0.717) is 17.6 Å². The van der Waals surface area contributed by atoms with E-state index in [9.17, 15) is 4.79 Å². The van der Waals surface area contributed by atoms with Crippen LogP contribution >= 0.6 is 0 Å². The van der Waals surface area contributed by atoms with Crippen molar-refractivity contribution in [3.63, 3.8) is 0 Å². The minimum atomic E-state index is -0.0968. The lowest BCUT2D eigenvalue weighted by atomic mass is 9.93. The first-order valence-corrected chi connectivity index (χ1v) is 6.84. The number of hydrogen-bond donors (Lipinski definition) is 0. The smallest absolute Gasteiger partial charge is 0.288 e. The molecule has 0 unspecified atom stereocenters. The molecule has 0 aromatic carbocycles. The van der Waals surface area contributed by atoms with Gasteiger partial charge in [-0.15, -0.1) is 0 Å². The van der Waals surface area contributed by atoms with Crippen LogP contribution in [0, 0.1) is 11.8 Å². The van der Waals surface area contributed by atoms with Gasteiger partial charge in [-0.25, -0.2) is 0 Å². The molecule has 1 aromatic rings. The van der Waals surface area contributed by atoms with Gasteiger partial charge in [-0.05, 0) is 30.8 Å². The molecule has 1 rings (SSSR count). The summed E-state index contributed by atoms with van der Waals surface area (Å²) in [7, 11) is 1.49. The Bertz CT molecular complexity index is 485. The zero-order valence-electron chi connectivity index (χ0n) is 12.5. The van der Waals surface area contributed by atoms with E-state index in [1.165, 1.54) is 25.7 Å². The summed E-state index contributed by atoms with van der Waals surface area (Å²) >= 11 is 0. The number of allylic oxidation sites excluding steroid dienone is 2. The quantitative estimate of drug-likeness (QED) is 0.775. The van der Waals surface area contributed by atoms with Crippen molar-refractivity contribution < 1.29 is 9.15 Å². The zero-order valence-corrected chi connectivity index (χ0v) is 12.5. The highest BCUT2D eigenvalue weighted by atomic mass is 16.6. The summed E-state index contributed by atoms with van der Waals surface area (Å²) in [5.41, 5.74) is 0.882. The van der Waals surface area contributed by atoms with Crippen molar-refractivity contribution in [3.05, 3.63) is 34.2 Å². The number of ether oxygens (including phenoxy) is 1. The molecule has 106 valence electrons. The Morgan fingerprint density at radius 2 is 2.11 bits per heavy atom. The van der Waals surface area contributed by atoms with Gasteiger partial charge in [0.05, 0.1) is 13.2 Å². The predicted octanol–water partition coefficient (Wildman–Crippen LogP) is 4.12. The molecule has 1 aromatic heterocycles. The molecule has 0 saturated carbocycles. The minimum Gasteiger partial charge on any atom is -0.468 e. The minimum absolute atomic E-state index is 0.0968. The molecule has 0 spiro atoms. The van der Waals surface area contributed by atoms with Gasteiger partial charge < -0.3 is 9.15 Å². The van der Waals surface area contributed by atoms with Gasteiger partial charge in [0.25, 0.3) is 5.95 Å². The van der Waals surface area contributed by atoms with Crippen molar-refractivity contribution >= 4 is 5.57 Å². The fourth-order valence-corrected chi connectivity index (χ4v) is 2.13. The molecule has 0 fully saturated rings. The van der Waals surface area contributed by atoms with Gasteiger partial charge >= 0.3 is 0 Å². The normalized spacial score (nSPS) is 15.1. The van der Waals surface area contributed by atoms with Crippen molar-refractivity contribution in [1.29, 1.82) is 0 Å². The Labute approximate surface area is 115 Å². The van der Waals surface area contributed by atoms with Gasteiger partial charge in [-0.3, -0.25) is 4.79 Å². The summed E-state index contributed by atoms with van der Waals surface area (Å²) in [4.78, 5) is 11.5. The Morgan fingerprint density at radius 1 is 1.42 bits per heavy atom. The van der Waals surface area contributed by atoms with E-state index in [4.69, 9.17) is 9.15 Å². The highest BCUT2D eigenvalue weighted by Crippen LogP contribution is 2.22. The van der Waals surface area contributed by atoms with Crippen LogP contribution in [0.4, 0.5) is 0 Å². The molecule has 0 N–H and O–H groups in total. The van der Waals surface area contributed by atoms with Crippen LogP contribution in [0.15, 0.2) is 27.4 Å². The summed E-state index contributed by atoms with van der Waals surface area (Å²) in [5.74, 6) is 2.01. The van der Waals surface area contributed by atoms with Crippen LogP contribution in [0.3, 0.4) is 0 Å². The van der Waals surface area contributed by atoms with Gasteiger partial charge in [0.15, 0.2) is 5.43 Å². The van der Waals surface area contributed by atoms with E-state index in [-0.39, 0.29) is 11.4 Å². The SMILES string of the molecule is CC[C@H](C)C[C@H](C)/C=C(/C)c1cc(=O)cc(OC)o1. The Balaban J connectivity index is 2.89. The van der Waals surface area contributed by atoms with Gasteiger partial charge in [0.2, 0.25) is 0 Å². The van der Waals surface area contributed by atoms with E-state index in [1.54, 1.807) is 0 Å². The topological polar surface area (TPSA) is 39.4 Å². The van der Waals surface area contributed by atoms with E-state index >= 15 is 0 Å². The third kappa shape index (κ3) is 4.93. The van der Waals surface area contributed by atoms with E-state index in [2.05, 4.69) is 26.8 Å². The second-order valence-corrected chi connectivity index (χ2v) is 5.26. The van der Waals surface area contributed by atoms with Gasteiger partial charge in [-0.2, -0.15) is 0 Å². The largest absolute Gasteiger partial charge is 0.468 e. The maximum absolute atomic E-state index is 11.5. The fraction of sp³-hybridized carbons (Fsp3) is 0.562. The fourth-order valence-electron chi connectivity index (χ4n) is 2.13. The molecule has 0 bridgehead atoms. The molecule has 3 nitrogen and oxygen atoms in total. The summed E-state index contributed by atoms with van der Waals surface area (Å²) < 4.78 is 10.5. The van der Waals surface area contributed by atoms with Crippen LogP contribution < -0.4 is 10.2 Å². The number of rotatable bonds is 6. The predicted molar refractivity (Wildman–Crippen MR) is 78.4 cm³/mol. The Kier molecular flexibility index (Phi) is 5.87. The molecule has 0 aliphatic carbocycles. The Hall–Kier alpha value is -1.51. The van der Waals surface area contributed by atoms with Gasteiger partial charge in [0, 0.05) is 6.07 Å². The van der Waals surface area contributed by atoms with Crippen molar-refractivity contribution in [1.82, 2.24) is 0 Å². The first-order chi connectivity index (χ1) is 8.96. The molecular formula is C16H24O3. The lowest BCUT2D eigenvalue weighted by Crippen LogP contribution is -2.02. The maximum atomic E-state index is 11.5. The Morgan fingerprint density at radius 3 is 2.68 bits per heavy atom. The second-order valence-electron chi connectivity index (χ2n) is 5.26. The summed E-state index contributed by atoms with van der Waals surface area (Å²) in [6.45, 7) is 8.61. The molecule has 19 heavy (non-hydrogen) atoms. The first-order valence-electron chi connectivity index (χ1n) is 6.84. The van der Waals surface area contributed by atoms with Crippen molar-refractivity contribution in [2.24, 2.45) is 11.8 Å². The first kappa shape index (κ1) is 15.5. The van der Waals surface area contributed by atoms with Gasteiger partial charge in [0.1, 0.15) is 5.76 Å². The highest BCUT2D eigenvalue weighted by molar-refractivity contribution is 5.59. The summed E-state index contributed by atoms with van der Waals surface area (Å²) in [6, 6.07) is 2.85. The molecule has 0 aliphatic rings. The lowest BCUT2D eigenvalue weighted by Gasteiger charge is -2.13. The highest BCUT2D eigenvalue weighted by Gasteiger charge is 2.08. The van der Waals surface area contributed by atoms with E-state index in [1.807, 2.05) is 6.92 Å².